The van der Waals surface area contributed by atoms with Crippen molar-refractivity contribution in [3.05, 3.63) is 70.0 Å². The molecule has 0 radical (unpaired) electrons. The zero-order chi connectivity index (χ0) is 13.3. The van der Waals surface area contributed by atoms with Crippen molar-refractivity contribution < 1.29 is 9.50 Å². The van der Waals surface area contributed by atoms with Crippen molar-refractivity contribution >= 4 is 11.6 Å². The van der Waals surface area contributed by atoms with Crippen LogP contribution < -0.4 is 0 Å². The van der Waals surface area contributed by atoms with E-state index in [0.29, 0.717) is 16.1 Å². The number of benzene rings is 2. The van der Waals surface area contributed by atoms with E-state index in [2.05, 4.69) is 0 Å². The van der Waals surface area contributed by atoms with Gasteiger partial charge in [0.05, 0.1) is 0 Å². The van der Waals surface area contributed by atoms with Crippen LogP contribution in [0, 0.1) is 12.7 Å². The van der Waals surface area contributed by atoms with Gasteiger partial charge >= 0.3 is 0 Å². The van der Waals surface area contributed by atoms with E-state index in [1.54, 1.807) is 31.2 Å². The second-order valence-corrected chi connectivity index (χ2v) is 4.95. The summed E-state index contributed by atoms with van der Waals surface area (Å²) in [6.07, 6.45) is 0. The van der Waals surface area contributed by atoms with E-state index >= 15 is 0 Å². The Labute approximate surface area is 111 Å². The first-order valence-electron chi connectivity index (χ1n) is 5.66. The molecule has 1 unspecified atom stereocenters. The molecule has 1 N–H and O–H groups in total. The van der Waals surface area contributed by atoms with Gasteiger partial charge in [0.25, 0.3) is 0 Å². The molecule has 2 aromatic carbocycles. The molecule has 0 aliphatic rings. The largest absolute Gasteiger partial charge is 0.381 e. The minimum Gasteiger partial charge on any atom is -0.381 e. The fraction of sp³-hybridized carbons (Fsp3) is 0.200. The minimum atomic E-state index is -1.26. The van der Waals surface area contributed by atoms with Crippen molar-refractivity contribution in [3.63, 3.8) is 0 Å². The van der Waals surface area contributed by atoms with Crippen LogP contribution in [-0.2, 0) is 5.60 Å². The average Bonchev–Trinajstić information content (AvgIpc) is 2.32. The molecule has 1 atom stereocenters. The van der Waals surface area contributed by atoms with Gasteiger partial charge in [0, 0.05) is 5.02 Å². The van der Waals surface area contributed by atoms with Gasteiger partial charge in [-0.05, 0) is 48.7 Å². The summed E-state index contributed by atoms with van der Waals surface area (Å²) in [5.41, 5.74) is 0.820. The third-order valence-corrected chi connectivity index (χ3v) is 3.53. The van der Waals surface area contributed by atoms with Gasteiger partial charge in [-0.25, -0.2) is 4.39 Å². The topological polar surface area (TPSA) is 20.2 Å². The number of rotatable bonds is 2. The predicted octanol–water partition coefficient (Wildman–Crippen LogP) is 4.04. The van der Waals surface area contributed by atoms with Gasteiger partial charge in [-0.1, -0.05) is 35.9 Å². The molecule has 0 saturated carbocycles. The Morgan fingerprint density at radius 3 is 2.39 bits per heavy atom. The third-order valence-electron chi connectivity index (χ3n) is 3.12. The number of hydrogen-bond acceptors (Lipinski definition) is 1. The number of aryl methyl sites for hydroxylation is 1. The highest BCUT2D eigenvalue weighted by Gasteiger charge is 2.26. The summed E-state index contributed by atoms with van der Waals surface area (Å²) in [7, 11) is 0. The summed E-state index contributed by atoms with van der Waals surface area (Å²) in [6.45, 7) is 3.52. The molecule has 0 bridgehead atoms. The summed E-state index contributed by atoms with van der Waals surface area (Å²) in [5, 5.41) is 11.2. The summed E-state index contributed by atoms with van der Waals surface area (Å²) < 4.78 is 13.2. The fourth-order valence-electron chi connectivity index (χ4n) is 1.85. The minimum absolute atomic E-state index is 0.369. The summed E-state index contributed by atoms with van der Waals surface area (Å²) in [6, 6.07) is 11.3. The van der Waals surface area contributed by atoms with Crippen molar-refractivity contribution in [3.8, 4) is 0 Å². The van der Waals surface area contributed by atoms with Crippen LogP contribution in [0.4, 0.5) is 4.39 Å². The van der Waals surface area contributed by atoms with Gasteiger partial charge in [-0.3, -0.25) is 0 Å². The SMILES string of the molecule is Cc1ccc(C(C)(O)c2cccc(F)c2)cc1Cl. The first-order chi connectivity index (χ1) is 8.41. The predicted molar refractivity (Wildman–Crippen MR) is 71.3 cm³/mol. The highest BCUT2D eigenvalue weighted by atomic mass is 35.5. The molecule has 3 heteroatoms. The average molecular weight is 265 g/mol. The Bertz CT molecular complexity index is 578. The molecule has 0 aromatic heterocycles. The van der Waals surface area contributed by atoms with Crippen LogP contribution in [0.1, 0.15) is 23.6 Å². The van der Waals surface area contributed by atoms with Gasteiger partial charge in [-0.15, -0.1) is 0 Å². The van der Waals surface area contributed by atoms with Crippen molar-refractivity contribution in [2.45, 2.75) is 19.4 Å². The maximum absolute atomic E-state index is 13.2. The molecule has 2 aromatic rings. The standard InChI is InChI=1S/C15H14ClFO/c1-10-6-7-12(9-14(10)16)15(2,18)11-4-3-5-13(17)8-11/h3-9,18H,1-2H3. The van der Waals surface area contributed by atoms with Gasteiger partial charge in [0.1, 0.15) is 11.4 Å². The van der Waals surface area contributed by atoms with Crippen molar-refractivity contribution in [2.24, 2.45) is 0 Å². The molecule has 0 fully saturated rings. The molecule has 0 amide bonds. The van der Waals surface area contributed by atoms with E-state index in [-0.39, 0.29) is 5.82 Å². The highest BCUT2D eigenvalue weighted by Crippen LogP contribution is 2.31. The quantitative estimate of drug-likeness (QED) is 0.868. The van der Waals surface area contributed by atoms with Crippen molar-refractivity contribution in [1.82, 2.24) is 0 Å². The second kappa shape index (κ2) is 4.71. The molecule has 1 nitrogen and oxygen atoms in total. The Kier molecular flexibility index (Phi) is 3.42. The lowest BCUT2D eigenvalue weighted by molar-refractivity contribution is 0.102. The summed E-state index contributed by atoms with van der Waals surface area (Å²) >= 11 is 6.05. The number of aliphatic hydroxyl groups is 1. The third kappa shape index (κ3) is 2.40. The lowest BCUT2D eigenvalue weighted by Crippen LogP contribution is -2.22. The zero-order valence-electron chi connectivity index (χ0n) is 10.2. The highest BCUT2D eigenvalue weighted by molar-refractivity contribution is 6.31. The lowest BCUT2D eigenvalue weighted by Gasteiger charge is -2.25. The van der Waals surface area contributed by atoms with E-state index in [0.717, 1.165) is 5.56 Å². The van der Waals surface area contributed by atoms with Gasteiger partial charge in [-0.2, -0.15) is 0 Å². The van der Waals surface area contributed by atoms with Crippen LogP contribution in [-0.4, -0.2) is 5.11 Å². The van der Waals surface area contributed by atoms with Crippen molar-refractivity contribution in [2.75, 3.05) is 0 Å². The van der Waals surface area contributed by atoms with Crippen LogP contribution in [0.2, 0.25) is 5.02 Å². The first kappa shape index (κ1) is 13.1. The Morgan fingerprint density at radius 2 is 1.78 bits per heavy atom. The van der Waals surface area contributed by atoms with Crippen molar-refractivity contribution in [1.29, 1.82) is 0 Å². The monoisotopic (exact) mass is 264 g/mol. The number of halogens is 2. The second-order valence-electron chi connectivity index (χ2n) is 4.55. The maximum atomic E-state index is 13.2. The first-order valence-corrected chi connectivity index (χ1v) is 6.04. The van der Waals surface area contributed by atoms with Crippen LogP contribution in [0.5, 0.6) is 0 Å². The summed E-state index contributed by atoms with van der Waals surface area (Å²) in [5.74, 6) is -0.369. The van der Waals surface area contributed by atoms with Crippen LogP contribution in [0.3, 0.4) is 0 Å². The summed E-state index contributed by atoms with van der Waals surface area (Å²) in [4.78, 5) is 0. The van der Waals surface area contributed by atoms with Crippen LogP contribution in [0.15, 0.2) is 42.5 Å². The number of hydrogen-bond donors (Lipinski definition) is 1. The van der Waals surface area contributed by atoms with Crippen LogP contribution in [0.25, 0.3) is 0 Å². The maximum Gasteiger partial charge on any atom is 0.123 e. The lowest BCUT2D eigenvalue weighted by atomic mass is 9.88. The Hall–Kier alpha value is -1.38. The van der Waals surface area contributed by atoms with E-state index in [9.17, 15) is 9.50 Å². The molecule has 0 aliphatic heterocycles. The molecule has 94 valence electrons. The van der Waals surface area contributed by atoms with E-state index in [1.165, 1.54) is 12.1 Å². The molecule has 0 heterocycles. The molecule has 0 spiro atoms. The molecular formula is C15H14ClFO. The molecule has 18 heavy (non-hydrogen) atoms. The van der Waals surface area contributed by atoms with E-state index < -0.39 is 5.60 Å². The van der Waals surface area contributed by atoms with Gasteiger partial charge in [0.15, 0.2) is 0 Å². The van der Waals surface area contributed by atoms with Gasteiger partial charge < -0.3 is 5.11 Å². The zero-order valence-corrected chi connectivity index (χ0v) is 11.0. The van der Waals surface area contributed by atoms with Gasteiger partial charge in [0.2, 0.25) is 0 Å². The van der Waals surface area contributed by atoms with E-state index in [1.807, 2.05) is 13.0 Å². The normalized spacial score (nSPS) is 14.3. The molecule has 0 saturated heterocycles. The fourth-order valence-corrected chi connectivity index (χ4v) is 2.03. The van der Waals surface area contributed by atoms with E-state index in [4.69, 9.17) is 11.6 Å². The Balaban J connectivity index is 2.50. The smallest absolute Gasteiger partial charge is 0.123 e. The molecule has 2 rings (SSSR count). The molecular weight excluding hydrogens is 251 g/mol. The van der Waals surface area contributed by atoms with Crippen LogP contribution >= 0.6 is 11.6 Å². The molecule has 0 aliphatic carbocycles. The Morgan fingerprint density at radius 1 is 1.11 bits per heavy atom.